The number of esters is 1. The zero-order valence-electron chi connectivity index (χ0n) is 13.3. The van der Waals surface area contributed by atoms with Crippen LogP contribution in [0.25, 0.3) is 0 Å². The van der Waals surface area contributed by atoms with E-state index in [9.17, 15) is 18.4 Å². The second-order valence-electron chi connectivity index (χ2n) is 5.03. The van der Waals surface area contributed by atoms with E-state index in [1.54, 1.807) is 21.0 Å². The lowest BCUT2D eigenvalue weighted by Crippen LogP contribution is -2.21. The highest BCUT2D eigenvalue weighted by Gasteiger charge is 2.26. The molecule has 0 atom stereocenters. The Morgan fingerprint density at radius 1 is 1.23 bits per heavy atom. The molecule has 0 aromatic heterocycles. The highest BCUT2D eigenvalue weighted by Crippen LogP contribution is 2.22. The minimum atomic E-state index is -0.911. The summed E-state index contributed by atoms with van der Waals surface area (Å²) < 4.78 is 32.9. The average Bonchev–Trinajstić information content (AvgIpc) is 2.45. The van der Waals surface area contributed by atoms with Crippen LogP contribution < -0.4 is 0 Å². The molecule has 0 bridgehead atoms. The Bertz CT molecular complexity index is 637. The van der Waals surface area contributed by atoms with E-state index in [1.807, 2.05) is 0 Å². The fourth-order valence-corrected chi connectivity index (χ4v) is 1.83. The molecule has 0 heterocycles. The second-order valence-corrected chi connectivity index (χ2v) is 5.03. The molecule has 1 rings (SSSR count). The van der Waals surface area contributed by atoms with Crippen molar-refractivity contribution in [3.63, 3.8) is 0 Å². The van der Waals surface area contributed by atoms with Crippen molar-refractivity contribution in [3.8, 4) is 0 Å². The first-order valence-electron chi connectivity index (χ1n) is 6.75. The smallest absolute Gasteiger partial charge is 0.343 e. The summed E-state index contributed by atoms with van der Waals surface area (Å²) in [5.74, 6) is -3.32. The maximum Gasteiger partial charge on any atom is 0.343 e. The van der Waals surface area contributed by atoms with Gasteiger partial charge in [0.15, 0.2) is 0 Å². The summed E-state index contributed by atoms with van der Waals surface area (Å²) in [6.45, 7) is 4.46. The van der Waals surface area contributed by atoms with Gasteiger partial charge in [-0.25, -0.2) is 13.6 Å². The molecular weight excluding hydrogens is 292 g/mol. The standard InChI is InChI=1S/C16H19F2NO3/c1-6-22-16(21)12(8-19(4)5)15(20)11-7-13(17)9(2)10(3)14(11)18/h7-8H,6H2,1-5H3/b12-8-. The number of carbonyl (C=O) groups is 2. The SMILES string of the molecule is CCOC(=O)/C(=C\N(C)C)C(=O)c1cc(F)c(C)c(C)c1F. The van der Waals surface area contributed by atoms with E-state index >= 15 is 0 Å². The van der Waals surface area contributed by atoms with Crippen molar-refractivity contribution in [2.75, 3.05) is 20.7 Å². The zero-order valence-corrected chi connectivity index (χ0v) is 13.3. The largest absolute Gasteiger partial charge is 0.462 e. The summed E-state index contributed by atoms with van der Waals surface area (Å²) in [5.41, 5.74) is -0.671. The Hall–Kier alpha value is -2.24. The van der Waals surface area contributed by atoms with Crippen LogP contribution in [0.4, 0.5) is 8.78 Å². The lowest BCUT2D eigenvalue weighted by Gasteiger charge is -2.13. The first kappa shape index (κ1) is 17.8. The Morgan fingerprint density at radius 3 is 2.32 bits per heavy atom. The van der Waals surface area contributed by atoms with Gasteiger partial charge in [0, 0.05) is 20.3 Å². The number of benzene rings is 1. The van der Waals surface area contributed by atoms with Gasteiger partial charge in [-0.15, -0.1) is 0 Å². The van der Waals surface area contributed by atoms with Gasteiger partial charge in [0.05, 0.1) is 12.2 Å². The van der Waals surface area contributed by atoms with Crippen molar-refractivity contribution in [1.82, 2.24) is 4.90 Å². The summed E-state index contributed by atoms with van der Waals surface area (Å²) in [7, 11) is 3.20. The van der Waals surface area contributed by atoms with Gasteiger partial charge in [-0.1, -0.05) is 0 Å². The third-order valence-corrected chi connectivity index (χ3v) is 3.13. The minimum Gasteiger partial charge on any atom is -0.462 e. The highest BCUT2D eigenvalue weighted by atomic mass is 19.1. The van der Waals surface area contributed by atoms with Crippen molar-refractivity contribution in [1.29, 1.82) is 0 Å². The van der Waals surface area contributed by atoms with Gasteiger partial charge in [-0.3, -0.25) is 4.79 Å². The van der Waals surface area contributed by atoms with Crippen LogP contribution in [0.5, 0.6) is 0 Å². The van der Waals surface area contributed by atoms with Crippen LogP contribution in [-0.4, -0.2) is 37.4 Å². The molecule has 0 unspecified atom stereocenters. The molecule has 1 aromatic rings. The molecule has 0 spiro atoms. The Morgan fingerprint density at radius 2 is 1.82 bits per heavy atom. The van der Waals surface area contributed by atoms with Crippen LogP contribution in [0.3, 0.4) is 0 Å². The maximum atomic E-state index is 14.3. The number of ketones is 1. The van der Waals surface area contributed by atoms with Gasteiger partial charge < -0.3 is 9.64 Å². The second kappa shape index (κ2) is 7.15. The Balaban J connectivity index is 3.41. The van der Waals surface area contributed by atoms with Gasteiger partial charge in [0.2, 0.25) is 5.78 Å². The average molecular weight is 311 g/mol. The number of halogens is 2. The van der Waals surface area contributed by atoms with Gasteiger partial charge in [-0.2, -0.15) is 0 Å². The molecule has 120 valence electrons. The maximum absolute atomic E-state index is 14.3. The molecule has 4 nitrogen and oxygen atoms in total. The van der Waals surface area contributed by atoms with Crippen molar-refractivity contribution in [2.24, 2.45) is 0 Å². The van der Waals surface area contributed by atoms with Crippen LogP contribution in [0.15, 0.2) is 17.8 Å². The summed E-state index contributed by atoms with van der Waals surface area (Å²) in [6, 6.07) is 0.808. The molecule has 22 heavy (non-hydrogen) atoms. The van der Waals surface area contributed by atoms with Crippen LogP contribution in [0, 0.1) is 25.5 Å². The third-order valence-electron chi connectivity index (χ3n) is 3.13. The fourth-order valence-electron chi connectivity index (χ4n) is 1.83. The molecular formula is C16H19F2NO3. The quantitative estimate of drug-likeness (QED) is 0.276. The van der Waals surface area contributed by atoms with Gasteiger partial charge in [0.1, 0.15) is 17.2 Å². The molecule has 0 saturated heterocycles. The molecule has 0 N–H and O–H groups in total. The van der Waals surface area contributed by atoms with Crippen molar-refractivity contribution < 1.29 is 23.1 Å². The van der Waals surface area contributed by atoms with Crippen molar-refractivity contribution in [3.05, 3.63) is 46.2 Å². The van der Waals surface area contributed by atoms with Crippen LogP contribution in [0.2, 0.25) is 0 Å². The number of Topliss-reactive ketones (excluding diaryl/α,β-unsaturated/α-hetero) is 1. The summed E-state index contributed by atoms with van der Waals surface area (Å²) in [5, 5.41) is 0. The van der Waals surface area contributed by atoms with E-state index in [2.05, 4.69) is 0 Å². The predicted octanol–water partition coefficient (Wildman–Crippen LogP) is 2.77. The van der Waals surface area contributed by atoms with E-state index < -0.39 is 29.0 Å². The Kier molecular flexibility index (Phi) is 5.79. The summed E-state index contributed by atoms with van der Waals surface area (Å²) in [4.78, 5) is 25.8. The molecule has 1 aromatic carbocycles. The molecule has 0 saturated carbocycles. The number of rotatable bonds is 5. The summed E-state index contributed by atoms with van der Waals surface area (Å²) >= 11 is 0. The lowest BCUT2D eigenvalue weighted by atomic mass is 9.98. The van der Waals surface area contributed by atoms with Crippen LogP contribution in [0.1, 0.15) is 28.4 Å². The first-order valence-corrected chi connectivity index (χ1v) is 6.75. The molecule has 6 heteroatoms. The van der Waals surface area contributed by atoms with Crippen LogP contribution in [-0.2, 0) is 9.53 Å². The molecule has 0 aliphatic carbocycles. The normalized spacial score (nSPS) is 11.3. The van der Waals surface area contributed by atoms with E-state index in [-0.39, 0.29) is 23.3 Å². The molecule has 0 amide bonds. The van der Waals surface area contributed by atoms with Gasteiger partial charge >= 0.3 is 5.97 Å². The van der Waals surface area contributed by atoms with E-state index in [1.165, 1.54) is 24.9 Å². The van der Waals surface area contributed by atoms with E-state index in [4.69, 9.17) is 4.74 Å². The Labute approximate surface area is 128 Å². The topological polar surface area (TPSA) is 46.6 Å². The van der Waals surface area contributed by atoms with Crippen LogP contribution >= 0.6 is 0 Å². The van der Waals surface area contributed by atoms with Gasteiger partial charge in [-0.05, 0) is 38.0 Å². The van der Waals surface area contributed by atoms with Gasteiger partial charge in [0.25, 0.3) is 0 Å². The minimum absolute atomic E-state index is 0.0383. The third kappa shape index (κ3) is 3.69. The highest BCUT2D eigenvalue weighted by molar-refractivity contribution is 6.24. The number of hydrogen-bond donors (Lipinski definition) is 0. The number of hydrogen-bond acceptors (Lipinski definition) is 4. The number of ether oxygens (including phenoxy) is 1. The molecule has 0 fully saturated rings. The molecule has 0 radical (unpaired) electrons. The van der Waals surface area contributed by atoms with E-state index in [0.29, 0.717) is 0 Å². The molecule has 0 aliphatic heterocycles. The number of carbonyl (C=O) groups excluding carboxylic acids is 2. The monoisotopic (exact) mass is 311 g/mol. The van der Waals surface area contributed by atoms with Crippen molar-refractivity contribution >= 4 is 11.8 Å². The molecule has 0 aliphatic rings. The van der Waals surface area contributed by atoms with Crippen molar-refractivity contribution in [2.45, 2.75) is 20.8 Å². The first-order chi connectivity index (χ1) is 10.2. The summed E-state index contributed by atoms with van der Waals surface area (Å²) in [6.07, 6.45) is 1.23. The predicted molar refractivity (Wildman–Crippen MR) is 78.6 cm³/mol. The zero-order chi connectivity index (χ0) is 17.0. The van der Waals surface area contributed by atoms with E-state index in [0.717, 1.165) is 6.07 Å². The fraction of sp³-hybridized carbons (Fsp3) is 0.375. The number of nitrogens with zero attached hydrogens (tertiary/aromatic N) is 1. The lowest BCUT2D eigenvalue weighted by molar-refractivity contribution is -0.138.